The van der Waals surface area contributed by atoms with Crippen molar-refractivity contribution in [3.05, 3.63) is 29.3 Å². The minimum absolute atomic E-state index is 0.00674. The number of ether oxygens (including phenoxy) is 1. The van der Waals surface area contributed by atoms with Crippen molar-refractivity contribution in [1.82, 2.24) is 4.31 Å². The van der Waals surface area contributed by atoms with E-state index in [-0.39, 0.29) is 17.9 Å². The third kappa shape index (κ3) is 3.69. The number of halogens is 1. The van der Waals surface area contributed by atoms with Crippen LogP contribution in [0.5, 0.6) is 0 Å². The first kappa shape index (κ1) is 14.9. The molecule has 0 radical (unpaired) electrons. The Labute approximate surface area is 111 Å². The maximum Gasteiger partial charge on any atom is 0.306 e. The molecule has 0 heterocycles. The number of nitrogens with zero attached hydrogens (tertiary/aromatic N) is 1. The summed E-state index contributed by atoms with van der Waals surface area (Å²) in [5, 5.41) is 0.345. The predicted molar refractivity (Wildman–Crippen MR) is 67.9 cm³/mol. The Morgan fingerprint density at radius 3 is 2.67 bits per heavy atom. The van der Waals surface area contributed by atoms with Gasteiger partial charge in [-0.25, -0.2) is 12.7 Å². The van der Waals surface area contributed by atoms with Gasteiger partial charge < -0.3 is 4.74 Å². The van der Waals surface area contributed by atoms with Crippen LogP contribution in [0.25, 0.3) is 0 Å². The molecule has 0 saturated carbocycles. The van der Waals surface area contributed by atoms with Crippen LogP contribution in [-0.4, -0.2) is 39.4 Å². The first-order chi connectivity index (χ1) is 8.37. The fourth-order valence-electron chi connectivity index (χ4n) is 1.28. The molecule has 0 N–H and O–H groups in total. The van der Waals surface area contributed by atoms with Gasteiger partial charge in [-0.1, -0.05) is 17.7 Å². The van der Waals surface area contributed by atoms with E-state index >= 15 is 0 Å². The molecule has 0 atom stereocenters. The van der Waals surface area contributed by atoms with E-state index in [0.29, 0.717) is 5.02 Å². The molecule has 5 nitrogen and oxygen atoms in total. The molecule has 7 heteroatoms. The van der Waals surface area contributed by atoms with Crippen LogP contribution in [0.4, 0.5) is 0 Å². The van der Waals surface area contributed by atoms with Crippen molar-refractivity contribution in [2.45, 2.75) is 11.3 Å². The number of hydrogen-bond acceptors (Lipinski definition) is 4. The molecule has 0 spiro atoms. The largest absolute Gasteiger partial charge is 0.469 e. The number of carbonyl (C=O) groups excluding carboxylic acids is 1. The van der Waals surface area contributed by atoms with Gasteiger partial charge in [0.2, 0.25) is 10.0 Å². The molecule has 0 unspecified atom stereocenters. The molecule has 1 aromatic carbocycles. The van der Waals surface area contributed by atoms with Gasteiger partial charge in [-0.2, -0.15) is 0 Å². The number of sulfonamides is 1. The first-order valence-electron chi connectivity index (χ1n) is 5.16. The monoisotopic (exact) mass is 291 g/mol. The molecule has 0 amide bonds. The van der Waals surface area contributed by atoms with Crippen LogP contribution in [0.15, 0.2) is 29.2 Å². The molecule has 0 saturated heterocycles. The Kier molecular flexibility index (Phi) is 5.13. The normalized spacial score (nSPS) is 11.6. The van der Waals surface area contributed by atoms with Crippen molar-refractivity contribution in [2.24, 2.45) is 0 Å². The van der Waals surface area contributed by atoms with E-state index in [0.717, 1.165) is 4.31 Å². The lowest BCUT2D eigenvalue weighted by atomic mass is 10.4. The second kappa shape index (κ2) is 6.17. The van der Waals surface area contributed by atoms with Crippen LogP contribution in [0.2, 0.25) is 5.02 Å². The van der Waals surface area contributed by atoms with E-state index in [2.05, 4.69) is 4.74 Å². The second-order valence-corrected chi connectivity index (χ2v) is 6.09. The molecule has 100 valence electrons. The van der Waals surface area contributed by atoms with Gasteiger partial charge in [0, 0.05) is 18.6 Å². The summed E-state index contributed by atoms with van der Waals surface area (Å²) in [5.41, 5.74) is 0. The van der Waals surface area contributed by atoms with Crippen LogP contribution in [0.3, 0.4) is 0 Å². The Bertz CT molecular complexity index is 530. The topological polar surface area (TPSA) is 63.7 Å². The van der Waals surface area contributed by atoms with Crippen molar-refractivity contribution in [1.29, 1.82) is 0 Å². The van der Waals surface area contributed by atoms with Gasteiger partial charge >= 0.3 is 5.97 Å². The van der Waals surface area contributed by atoms with Gasteiger partial charge in [0.05, 0.1) is 18.4 Å². The van der Waals surface area contributed by atoms with Crippen molar-refractivity contribution in [2.75, 3.05) is 20.7 Å². The van der Waals surface area contributed by atoms with Gasteiger partial charge in [-0.3, -0.25) is 4.79 Å². The summed E-state index contributed by atoms with van der Waals surface area (Å²) in [5.74, 6) is -0.455. The molecule has 0 aliphatic rings. The van der Waals surface area contributed by atoms with E-state index < -0.39 is 16.0 Å². The fourth-order valence-corrected chi connectivity index (χ4v) is 2.75. The quantitative estimate of drug-likeness (QED) is 0.772. The highest BCUT2D eigenvalue weighted by Gasteiger charge is 2.21. The Morgan fingerprint density at radius 1 is 1.44 bits per heavy atom. The zero-order chi connectivity index (χ0) is 13.8. The van der Waals surface area contributed by atoms with Crippen LogP contribution < -0.4 is 0 Å². The number of hydrogen-bond donors (Lipinski definition) is 0. The molecular formula is C11H14ClNO4S. The van der Waals surface area contributed by atoms with Crippen molar-refractivity contribution in [3.63, 3.8) is 0 Å². The fraction of sp³-hybridized carbons (Fsp3) is 0.364. The third-order valence-electron chi connectivity index (χ3n) is 2.36. The van der Waals surface area contributed by atoms with E-state index in [1.54, 1.807) is 12.1 Å². The molecule has 1 aromatic rings. The number of methoxy groups -OCH3 is 1. The maximum atomic E-state index is 12.1. The molecule has 0 fully saturated rings. The van der Waals surface area contributed by atoms with Gasteiger partial charge in [-0.15, -0.1) is 0 Å². The van der Waals surface area contributed by atoms with Crippen LogP contribution in [-0.2, 0) is 19.6 Å². The Balaban J connectivity index is 2.83. The molecule has 0 bridgehead atoms. The number of benzene rings is 1. The minimum Gasteiger partial charge on any atom is -0.469 e. The minimum atomic E-state index is -3.62. The summed E-state index contributed by atoms with van der Waals surface area (Å²) in [4.78, 5) is 11.1. The second-order valence-electron chi connectivity index (χ2n) is 3.61. The van der Waals surface area contributed by atoms with Gasteiger partial charge in [0.15, 0.2) is 0 Å². The summed E-state index contributed by atoms with van der Waals surface area (Å²) >= 11 is 5.75. The van der Waals surface area contributed by atoms with Crippen LogP contribution in [0.1, 0.15) is 6.42 Å². The van der Waals surface area contributed by atoms with E-state index in [4.69, 9.17) is 11.6 Å². The highest BCUT2D eigenvalue weighted by Crippen LogP contribution is 2.18. The van der Waals surface area contributed by atoms with E-state index in [9.17, 15) is 13.2 Å². The molecule has 0 aromatic heterocycles. The molecule has 18 heavy (non-hydrogen) atoms. The summed E-state index contributed by atoms with van der Waals surface area (Å²) in [6.45, 7) is 0.0571. The lowest BCUT2D eigenvalue weighted by Gasteiger charge is -2.16. The van der Waals surface area contributed by atoms with E-state index in [1.165, 1.54) is 26.3 Å². The smallest absolute Gasteiger partial charge is 0.306 e. The lowest BCUT2D eigenvalue weighted by Crippen LogP contribution is -2.29. The van der Waals surface area contributed by atoms with Crippen LogP contribution in [0, 0.1) is 0 Å². The number of esters is 1. The average molecular weight is 292 g/mol. The molecule has 1 rings (SSSR count). The summed E-state index contributed by atoms with van der Waals surface area (Å²) in [6, 6.07) is 5.97. The van der Waals surface area contributed by atoms with Gasteiger partial charge in [0.25, 0.3) is 0 Å². The standard InChI is InChI=1S/C11H14ClNO4S/c1-13(7-6-11(14)17-2)18(15,16)10-5-3-4-9(12)8-10/h3-5,8H,6-7H2,1-2H3. The summed E-state index contributed by atoms with van der Waals surface area (Å²) in [6.07, 6.45) is 0.00674. The van der Waals surface area contributed by atoms with Crippen molar-refractivity contribution >= 4 is 27.6 Å². The lowest BCUT2D eigenvalue weighted by molar-refractivity contribution is -0.140. The predicted octanol–water partition coefficient (Wildman–Crippen LogP) is 1.52. The number of rotatable bonds is 5. The maximum absolute atomic E-state index is 12.1. The zero-order valence-electron chi connectivity index (χ0n) is 10.1. The zero-order valence-corrected chi connectivity index (χ0v) is 11.7. The molecular weight excluding hydrogens is 278 g/mol. The highest BCUT2D eigenvalue weighted by atomic mass is 35.5. The Hall–Kier alpha value is -1.11. The summed E-state index contributed by atoms with van der Waals surface area (Å²) < 4.78 is 29.8. The van der Waals surface area contributed by atoms with E-state index in [1.807, 2.05) is 0 Å². The van der Waals surface area contributed by atoms with Crippen molar-refractivity contribution < 1.29 is 17.9 Å². The molecule has 0 aliphatic carbocycles. The van der Waals surface area contributed by atoms with Gasteiger partial charge in [0.1, 0.15) is 0 Å². The number of carbonyl (C=O) groups is 1. The SMILES string of the molecule is COC(=O)CCN(C)S(=O)(=O)c1cccc(Cl)c1. The summed E-state index contributed by atoms with van der Waals surface area (Å²) in [7, 11) is -0.965. The molecule has 0 aliphatic heterocycles. The highest BCUT2D eigenvalue weighted by molar-refractivity contribution is 7.89. The van der Waals surface area contributed by atoms with Gasteiger partial charge in [-0.05, 0) is 18.2 Å². The Morgan fingerprint density at radius 2 is 2.11 bits per heavy atom. The third-order valence-corrected chi connectivity index (χ3v) is 4.45. The van der Waals surface area contributed by atoms with Crippen molar-refractivity contribution in [3.8, 4) is 0 Å². The average Bonchev–Trinajstić information content (AvgIpc) is 2.35. The first-order valence-corrected chi connectivity index (χ1v) is 6.98. The van der Waals surface area contributed by atoms with Crippen LogP contribution >= 0.6 is 11.6 Å².